The summed E-state index contributed by atoms with van der Waals surface area (Å²) in [4.78, 5) is 48.7. The normalized spacial score (nSPS) is 18.5. The average Bonchev–Trinajstić information content (AvgIpc) is 3.37. The molecule has 0 aliphatic carbocycles. The number of ether oxygens (including phenoxy) is 2. The Morgan fingerprint density at radius 1 is 1.00 bits per heavy atom. The number of esters is 1. The Labute approximate surface area is 244 Å². The van der Waals surface area contributed by atoms with Crippen LogP contribution in [0.15, 0.2) is 82.0 Å². The van der Waals surface area contributed by atoms with Crippen LogP contribution in [-0.2, 0) is 25.7 Å². The molecule has 2 aromatic carbocycles. The number of amidine groups is 1. The highest BCUT2D eigenvalue weighted by Gasteiger charge is 2.41. The molecule has 3 heterocycles. The highest BCUT2D eigenvalue weighted by molar-refractivity contribution is 8.16. The second kappa shape index (κ2) is 12.6. The van der Waals surface area contributed by atoms with Crippen LogP contribution >= 0.6 is 11.8 Å². The van der Waals surface area contributed by atoms with Crippen LogP contribution in [0.1, 0.15) is 44.4 Å². The molecule has 3 aliphatic heterocycles. The molecule has 0 spiro atoms. The van der Waals surface area contributed by atoms with E-state index in [-0.39, 0.29) is 24.8 Å². The fourth-order valence-corrected chi connectivity index (χ4v) is 6.17. The van der Waals surface area contributed by atoms with Crippen LogP contribution in [0.4, 0.5) is 0 Å². The first-order valence-electron chi connectivity index (χ1n) is 13.8. The van der Waals surface area contributed by atoms with Crippen LogP contribution in [-0.4, -0.2) is 70.4 Å². The molecule has 214 valence electrons. The number of aliphatic imine (C=N–C) groups is 1. The van der Waals surface area contributed by atoms with Crippen LogP contribution in [0.5, 0.6) is 5.75 Å². The van der Waals surface area contributed by atoms with Gasteiger partial charge in [-0.25, -0.2) is 9.79 Å². The molecule has 1 saturated heterocycles. The van der Waals surface area contributed by atoms with Gasteiger partial charge in [-0.05, 0) is 42.5 Å². The topological polar surface area (TPSA) is 91.8 Å². The standard InChI is InChI=1S/C31H34N4O5S/c1-4-39-30(38)28-21(2)32-31-35(25(20-41-31)18-27(37)34-15-13-33(14-16-34)22(3)36)29(28)24-11-8-12-26(17-24)40-19-23-9-6-5-7-10-23/h5-12,17,20,29H,4,13-16,18-19H2,1-3H3/t29-/m1/s1. The number of benzene rings is 2. The third-order valence-corrected chi connectivity index (χ3v) is 8.22. The first kappa shape index (κ1) is 28.5. The number of allylic oxidation sites excluding steroid dienone is 1. The van der Waals surface area contributed by atoms with E-state index in [0.29, 0.717) is 55.0 Å². The van der Waals surface area contributed by atoms with Crippen molar-refractivity contribution in [1.82, 2.24) is 14.7 Å². The van der Waals surface area contributed by atoms with Crippen molar-refractivity contribution in [3.05, 3.63) is 88.1 Å². The summed E-state index contributed by atoms with van der Waals surface area (Å²) < 4.78 is 11.6. The molecule has 3 aliphatic rings. The van der Waals surface area contributed by atoms with Crippen molar-refractivity contribution in [1.29, 1.82) is 0 Å². The molecular formula is C31H34N4O5S. The molecule has 1 atom stereocenters. The van der Waals surface area contributed by atoms with Gasteiger partial charge in [0, 0.05) is 38.8 Å². The van der Waals surface area contributed by atoms with Crippen molar-refractivity contribution < 1.29 is 23.9 Å². The Bertz CT molecular complexity index is 1410. The van der Waals surface area contributed by atoms with E-state index >= 15 is 0 Å². The van der Waals surface area contributed by atoms with Crippen LogP contribution in [0.2, 0.25) is 0 Å². The van der Waals surface area contributed by atoms with Gasteiger partial charge in [0.25, 0.3) is 0 Å². The number of hydrogen-bond donors (Lipinski definition) is 0. The number of piperazine rings is 1. The van der Waals surface area contributed by atoms with E-state index in [1.807, 2.05) is 71.8 Å². The van der Waals surface area contributed by atoms with Crippen molar-refractivity contribution in [3.63, 3.8) is 0 Å². The summed E-state index contributed by atoms with van der Waals surface area (Å²) in [6.07, 6.45) is 0.155. The zero-order valence-electron chi connectivity index (χ0n) is 23.5. The van der Waals surface area contributed by atoms with Crippen LogP contribution in [0.3, 0.4) is 0 Å². The zero-order valence-corrected chi connectivity index (χ0v) is 24.4. The Morgan fingerprint density at radius 3 is 2.44 bits per heavy atom. The van der Waals surface area contributed by atoms with Gasteiger partial charge in [-0.2, -0.15) is 0 Å². The molecular weight excluding hydrogens is 540 g/mol. The minimum Gasteiger partial charge on any atom is -0.489 e. The maximum absolute atomic E-state index is 13.4. The molecule has 10 heteroatoms. The molecule has 41 heavy (non-hydrogen) atoms. The molecule has 5 rings (SSSR count). The largest absolute Gasteiger partial charge is 0.489 e. The molecule has 0 aromatic heterocycles. The fourth-order valence-electron chi connectivity index (χ4n) is 5.21. The monoisotopic (exact) mass is 574 g/mol. The number of carbonyl (C=O) groups excluding carboxylic acids is 3. The van der Waals surface area contributed by atoms with E-state index in [9.17, 15) is 14.4 Å². The first-order chi connectivity index (χ1) is 19.9. The summed E-state index contributed by atoms with van der Waals surface area (Å²) in [5.41, 5.74) is 3.68. The summed E-state index contributed by atoms with van der Waals surface area (Å²) >= 11 is 1.44. The predicted molar refractivity (Wildman–Crippen MR) is 158 cm³/mol. The third kappa shape index (κ3) is 6.32. The summed E-state index contributed by atoms with van der Waals surface area (Å²) in [7, 11) is 0. The highest BCUT2D eigenvalue weighted by atomic mass is 32.2. The van der Waals surface area contributed by atoms with Gasteiger partial charge in [0.1, 0.15) is 12.4 Å². The van der Waals surface area contributed by atoms with Crippen molar-refractivity contribution >= 4 is 34.7 Å². The predicted octanol–water partition coefficient (Wildman–Crippen LogP) is 4.48. The average molecular weight is 575 g/mol. The van der Waals surface area contributed by atoms with Gasteiger partial charge in [-0.1, -0.05) is 54.2 Å². The van der Waals surface area contributed by atoms with Crippen molar-refractivity contribution in [2.24, 2.45) is 4.99 Å². The van der Waals surface area contributed by atoms with Crippen LogP contribution in [0.25, 0.3) is 0 Å². The maximum atomic E-state index is 13.4. The Kier molecular flexibility index (Phi) is 8.78. The Hall–Kier alpha value is -4.05. The number of thioether (sulfide) groups is 1. The Morgan fingerprint density at radius 2 is 1.73 bits per heavy atom. The lowest BCUT2D eigenvalue weighted by atomic mass is 9.93. The molecule has 2 amide bonds. The molecule has 2 aromatic rings. The maximum Gasteiger partial charge on any atom is 0.338 e. The number of nitrogens with zero attached hydrogens (tertiary/aromatic N) is 4. The summed E-state index contributed by atoms with van der Waals surface area (Å²) in [5.74, 6) is 0.237. The van der Waals surface area contributed by atoms with Crippen LogP contribution < -0.4 is 4.74 Å². The zero-order chi connectivity index (χ0) is 28.9. The van der Waals surface area contributed by atoms with Gasteiger partial charge < -0.3 is 24.2 Å². The molecule has 1 fully saturated rings. The number of amides is 2. The second-order valence-corrected chi connectivity index (χ2v) is 10.9. The molecule has 9 nitrogen and oxygen atoms in total. The van der Waals surface area contributed by atoms with Crippen LogP contribution in [0, 0.1) is 0 Å². The van der Waals surface area contributed by atoms with E-state index < -0.39 is 12.0 Å². The number of rotatable bonds is 8. The SMILES string of the molecule is CCOC(=O)C1=C(C)N=C2SC=C(CC(=O)N3CCN(C(C)=O)CC3)N2[C@@H]1c1cccc(OCc2ccccc2)c1. The lowest BCUT2D eigenvalue weighted by Crippen LogP contribution is -2.50. The Balaban J connectivity index is 1.41. The van der Waals surface area contributed by atoms with Crippen molar-refractivity contribution in [3.8, 4) is 5.75 Å². The minimum atomic E-state index is -0.537. The fraction of sp³-hybridized carbons (Fsp3) is 0.355. The summed E-state index contributed by atoms with van der Waals surface area (Å²) in [5, 5.41) is 2.65. The van der Waals surface area contributed by atoms with Gasteiger partial charge in [-0.15, -0.1) is 0 Å². The van der Waals surface area contributed by atoms with Crippen molar-refractivity contribution in [2.75, 3.05) is 32.8 Å². The third-order valence-electron chi connectivity index (χ3n) is 7.33. The lowest BCUT2D eigenvalue weighted by molar-refractivity contribution is -0.139. The van der Waals surface area contributed by atoms with Gasteiger partial charge in [-0.3, -0.25) is 9.59 Å². The van der Waals surface area contributed by atoms with E-state index in [1.54, 1.807) is 23.6 Å². The van der Waals surface area contributed by atoms with Gasteiger partial charge >= 0.3 is 5.97 Å². The smallest absolute Gasteiger partial charge is 0.338 e. The number of fused-ring (bicyclic) bond motifs is 1. The van der Waals surface area contributed by atoms with Gasteiger partial charge in [0.05, 0.1) is 30.3 Å². The summed E-state index contributed by atoms with van der Waals surface area (Å²) in [6.45, 7) is 7.84. The van der Waals surface area contributed by atoms with E-state index in [4.69, 9.17) is 14.5 Å². The molecule has 0 unspecified atom stereocenters. The lowest BCUT2D eigenvalue weighted by Gasteiger charge is -2.38. The second-order valence-electron chi connectivity index (χ2n) is 10.0. The summed E-state index contributed by atoms with van der Waals surface area (Å²) in [6, 6.07) is 17.1. The molecule has 0 bridgehead atoms. The molecule has 0 radical (unpaired) electrons. The first-order valence-corrected chi connectivity index (χ1v) is 14.6. The number of hydrogen-bond acceptors (Lipinski definition) is 8. The van der Waals surface area contributed by atoms with Gasteiger partial charge in [0.15, 0.2) is 5.17 Å². The van der Waals surface area contributed by atoms with Gasteiger partial charge in [0.2, 0.25) is 11.8 Å². The van der Waals surface area contributed by atoms with E-state index in [0.717, 1.165) is 16.8 Å². The molecule has 0 N–H and O–H groups in total. The highest BCUT2D eigenvalue weighted by Crippen LogP contribution is 2.45. The number of carbonyl (C=O) groups is 3. The van der Waals surface area contributed by atoms with E-state index in [2.05, 4.69) is 0 Å². The van der Waals surface area contributed by atoms with Crippen molar-refractivity contribution in [2.45, 2.75) is 39.8 Å². The van der Waals surface area contributed by atoms with E-state index in [1.165, 1.54) is 11.8 Å². The quantitative estimate of drug-likeness (QED) is 0.429. The molecule has 0 saturated carbocycles. The minimum absolute atomic E-state index is 0.0210.